The van der Waals surface area contributed by atoms with Crippen LogP contribution in [0.2, 0.25) is 0 Å². The highest BCUT2D eigenvalue weighted by Crippen LogP contribution is 2.26. The van der Waals surface area contributed by atoms with E-state index in [4.69, 9.17) is 9.47 Å². The summed E-state index contributed by atoms with van der Waals surface area (Å²) in [5.74, 6) is 1.73. The molecule has 5 heteroatoms. The van der Waals surface area contributed by atoms with Crippen molar-refractivity contribution >= 4 is 0 Å². The van der Waals surface area contributed by atoms with E-state index in [2.05, 4.69) is 42.0 Å². The Balaban J connectivity index is 1.59. The Bertz CT molecular complexity index is 735. The quantitative estimate of drug-likeness (QED) is 0.782. The Morgan fingerprint density at radius 2 is 1.93 bits per heavy atom. The molecule has 3 rings (SSSR count). The summed E-state index contributed by atoms with van der Waals surface area (Å²) < 4.78 is 11.5. The van der Waals surface area contributed by atoms with E-state index in [1.54, 1.807) is 13.3 Å². The molecular weight excluding hydrogens is 350 g/mol. The van der Waals surface area contributed by atoms with Gasteiger partial charge in [0.15, 0.2) is 0 Å². The van der Waals surface area contributed by atoms with E-state index < -0.39 is 0 Å². The number of methoxy groups -OCH3 is 1. The van der Waals surface area contributed by atoms with Crippen LogP contribution in [0.15, 0.2) is 42.6 Å². The molecule has 1 N–H and O–H groups in total. The van der Waals surface area contributed by atoms with E-state index in [1.807, 2.05) is 30.3 Å². The molecule has 1 aliphatic rings. The van der Waals surface area contributed by atoms with Crippen LogP contribution in [0, 0.1) is 0 Å². The van der Waals surface area contributed by atoms with Gasteiger partial charge in [0.05, 0.1) is 12.8 Å². The summed E-state index contributed by atoms with van der Waals surface area (Å²) in [6.45, 7) is 10.4. The predicted octanol–water partition coefficient (Wildman–Crippen LogP) is 4.02. The molecule has 0 bridgehead atoms. The number of aromatic nitrogens is 1. The van der Waals surface area contributed by atoms with E-state index in [9.17, 15) is 0 Å². The molecule has 0 spiro atoms. The number of ether oxygens (including phenoxy) is 2. The van der Waals surface area contributed by atoms with Gasteiger partial charge in [0.1, 0.15) is 18.1 Å². The van der Waals surface area contributed by atoms with Crippen LogP contribution < -0.4 is 14.8 Å². The maximum absolute atomic E-state index is 6.06. The largest absolute Gasteiger partial charge is 0.497 e. The predicted molar refractivity (Wildman–Crippen MR) is 113 cm³/mol. The maximum atomic E-state index is 6.06. The van der Waals surface area contributed by atoms with Crippen LogP contribution >= 0.6 is 0 Å². The lowest BCUT2D eigenvalue weighted by molar-refractivity contribution is 0.0959. The molecular formula is C23H33N3O2. The third-order valence-corrected chi connectivity index (χ3v) is 5.39. The Morgan fingerprint density at radius 1 is 1.14 bits per heavy atom. The first-order valence-corrected chi connectivity index (χ1v) is 10.1. The molecule has 0 unspecified atom stereocenters. The first-order valence-electron chi connectivity index (χ1n) is 10.1. The molecule has 1 saturated heterocycles. The highest BCUT2D eigenvalue weighted by Gasteiger charge is 2.26. The number of pyridine rings is 1. The number of likely N-dealkylation sites (tertiary alicyclic amines) is 1. The molecule has 1 aliphatic heterocycles. The van der Waals surface area contributed by atoms with Crippen molar-refractivity contribution in [3.8, 4) is 11.5 Å². The molecule has 152 valence electrons. The molecule has 0 radical (unpaired) electrons. The van der Waals surface area contributed by atoms with E-state index in [0.29, 0.717) is 12.6 Å². The molecule has 0 amide bonds. The van der Waals surface area contributed by atoms with Gasteiger partial charge in [-0.25, -0.2) is 0 Å². The lowest BCUT2D eigenvalue weighted by Gasteiger charge is -2.41. The number of benzene rings is 1. The number of piperidine rings is 1. The van der Waals surface area contributed by atoms with Crippen LogP contribution in [0.1, 0.15) is 44.9 Å². The highest BCUT2D eigenvalue weighted by atomic mass is 16.5. The fraction of sp³-hybridized carbons (Fsp3) is 0.522. The fourth-order valence-electron chi connectivity index (χ4n) is 3.61. The summed E-state index contributed by atoms with van der Waals surface area (Å²) in [4.78, 5) is 6.90. The first kappa shape index (κ1) is 20.6. The number of hydrogen-bond donors (Lipinski definition) is 1. The summed E-state index contributed by atoms with van der Waals surface area (Å²) in [6.07, 6.45) is 4.13. The molecule has 28 heavy (non-hydrogen) atoms. The van der Waals surface area contributed by atoms with Gasteiger partial charge in [0.2, 0.25) is 0 Å². The molecule has 2 aromatic rings. The number of rotatable bonds is 7. The Labute approximate surface area is 169 Å². The van der Waals surface area contributed by atoms with Crippen molar-refractivity contribution in [3.63, 3.8) is 0 Å². The van der Waals surface area contributed by atoms with Gasteiger partial charge in [-0.15, -0.1) is 0 Å². The third kappa shape index (κ3) is 5.69. The Morgan fingerprint density at radius 3 is 2.57 bits per heavy atom. The van der Waals surface area contributed by atoms with Crippen molar-refractivity contribution in [2.75, 3.05) is 20.2 Å². The van der Waals surface area contributed by atoms with Crippen LogP contribution in [0.4, 0.5) is 0 Å². The second kappa shape index (κ2) is 9.39. The second-order valence-electron chi connectivity index (χ2n) is 8.40. The van der Waals surface area contributed by atoms with Gasteiger partial charge < -0.3 is 14.8 Å². The highest BCUT2D eigenvalue weighted by molar-refractivity contribution is 5.40. The molecule has 0 aliphatic carbocycles. The first-order chi connectivity index (χ1) is 13.5. The summed E-state index contributed by atoms with van der Waals surface area (Å²) in [6, 6.07) is 12.4. The monoisotopic (exact) mass is 383 g/mol. The number of nitrogens with one attached hydrogen (secondary N) is 1. The van der Waals surface area contributed by atoms with Crippen LogP contribution in [0.3, 0.4) is 0 Å². The average molecular weight is 384 g/mol. The number of hydrogen-bond acceptors (Lipinski definition) is 5. The van der Waals surface area contributed by atoms with Crippen molar-refractivity contribution < 1.29 is 9.47 Å². The van der Waals surface area contributed by atoms with Crippen LogP contribution in [0.25, 0.3) is 0 Å². The number of nitrogens with zero attached hydrogens (tertiary/aromatic N) is 2. The van der Waals surface area contributed by atoms with Gasteiger partial charge in [-0.3, -0.25) is 9.88 Å². The average Bonchev–Trinajstić information content (AvgIpc) is 2.71. The normalized spacial score (nSPS) is 16.1. The van der Waals surface area contributed by atoms with Crippen molar-refractivity contribution in [1.82, 2.24) is 15.2 Å². The smallest absolute Gasteiger partial charge is 0.130 e. The molecule has 1 fully saturated rings. The van der Waals surface area contributed by atoms with Gasteiger partial charge in [-0.05, 0) is 63.9 Å². The van der Waals surface area contributed by atoms with Gasteiger partial charge in [-0.2, -0.15) is 0 Å². The SMILES string of the molecule is COc1ccc(OCc2ccccn2)c(CNC2CCN(C(C)(C)C)CC2)c1. The lowest BCUT2D eigenvalue weighted by atomic mass is 9.98. The topological polar surface area (TPSA) is 46.6 Å². The third-order valence-electron chi connectivity index (χ3n) is 5.39. The zero-order chi connectivity index (χ0) is 20.0. The van der Waals surface area contributed by atoms with Crippen molar-refractivity contribution in [1.29, 1.82) is 0 Å². The molecule has 2 heterocycles. The van der Waals surface area contributed by atoms with Gasteiger partial charge in [-0.1, -0.05) is 6.07 Å². The van der Waals surface area contributed by atoms with Crippen molar-refractivity contribution in [3.05, 3.63) is 53.9 Å². The van der Waals surface area contributed by atoms with Crippen LogP contribution in [-0.2, 0) is 13.2 Å². The summed E-state index contributed by atoms with van der Waals surface area (Å²) in [5.41, 5.74) is 2.30. The van der Waals surface area contributed by atoms with Gasteiger partial charge >= 0.3 is 0 Å². The zero-order valence-electron chi connectivity index (χ0n) is 17.6. The maximum Gasteiger partial charge on any atom is 0.130 e. The molecule has 0 saturated carbocycles. The minimum absolute atomic E-state index is 0.254. The molecule has 1 aromatic heterocycles. The summed E-state index contributed by atoms with van der Waals surface area (Å²) >= 11 is 0. The Kier molecular flexibility index (Phi) is 6.92. The van der Waals surface area contributed by atoms with Crippen molar-refractivity contribution in [2.24, 2.45) is 0 Å². The molecule has 0 atom stereocenters. The van der Waals surface area contributed by atoms with Crippen LogP contribution in [0.5, 0.6) is 11.5 Å². The Hall–Kier alpha value is -2.11. The van der Waals surface area contributed by atoms with E-state index >= 15 is 0 Å². The lowest BCUT2D eigenvalue weighted by Crippen LogP contribution is -2.49. The minimum atomic E-state index is 0.254. The fourth-order valence-corrected chi connectivity index (χ4v) is 3.61. The molecule has 1 aromatic carbocycles. The van der Waals surface area contributed by atoms with Gasteiger partial charge in [0, 0.05) is 43.0 Å². The molecule has 5 nitrogen and oxygen atoms in total. The van der Waals surface area contributed by atoms with E-state index in [0.717, 1.165) is 42.4 Å². The standard InChI is InChI=1S/C23H33N3O2/c1-23(2,3)26-13-10-19(11-14-26)25-16-18-15-21(27-4)8-9-22(18)28-17-20-7-5-6-12-24-20/h5-9,12,15,19,25H,10-11,13-14,16-17H2,1-4H3. The summed E-state index contributed by atoms with van der Waals surface area (Å²) in [7, 11) is 1.70. The second-order valence-corrected chi connectivity index (χ2v) is 8.40. The van der Waals surface area contributed by atoms with Crippen molar-refractivity contribution in [2.45, 2.75) is 58.3 Å². The summed E-state index contributed by atoms with van der Waals surface area (Å²) in [5, 5.41) is 3.72. The van der Waals surface area contributed by atoms with E-state index in [-0.39, 0.29) is 5.54 Å². The van der Waals surface area contributed by atoms with Crippen LogP contribution in [-0.4, -0.2) is 41.7 Å². The van der Waals surface area contributed by atoms with Gasteiger partial charge in [0.25, 0.3) is 0 Å². The van der Waals surface area contributed by atoms with E-state index in [1.165, 1.54) is 12.8 Å². The zero-order valence-corrected chi connectivity index (χ0v) is 17.6. The minimum Gasteiger partial charge on any atom is -0.497 e.